The van der Waals surface area contributed by atoms with Crippen LogP contribution in [0.1, 0.15) is 19.4 Å². The summed E-state index contributed by atoms with van der Waals surface area (Å²) in [6, 6.07) is 17.3. The van der Waals surface area contributed by atoms with E-state index in [1.165, 1.54) is 23.5 Å². The Morgan fingerprint density at radius 2 is 1.83 bits per heavy atom. The van der Waals surface area contributed by atoms with Crippen molar-refractivity contribution in [2.24, 2.45) is 10.1 Å². The van der Waals surface area contributed by atoms with Crippen LogP contribution >= 0.6 is 11.3 Å². The molecule has 0 N–H and O–H groups in total. The highest BCUT2D eigenvalue weighted by molar-refractivity contribution is 7.07. The smallest absolute Gasteiger partial charge is 0.279 e. The van der Waals surface area contributed by atoms with Gasteiger partial charge in [0.25, 0.3) is 11.6 Å². The minimum absolute atomic E-state index is 0.00501. The SMILES string of the molecule is CC(C)N1C(=O)C(=Nn2c(-c3ccc([N+](=O)[O-])cc3)csc2=Nc2cccnc2)c2ccccc21. The molecule has 2 aromatic heterocycles. The van der Waals surface area contributed by atoms with Gasteiger partial charge in [0.05, 0.1) is 28.2 Å². The first-order valence-corrected chi connectivity index (χ1v) is 11.7. The number of pyridine rings is 1. The van der Waals surface area contributed by atoms with Gasteiger partial charge in [-0.1, -0.05) is 18.2 Å². The summed E-state index contributed by atoms with van der Waals surface area (Å²) in [5.41, 5.74) is 3.87. The Morgan fingerprint density at radius 1 is 1.06 bits per heavy atom. The number of nitro benzene ring substituents is 1. The summed E-state index contributed by atoms with van der Waals surface area (Å²) in [5, 5.41) is 17.8. The van der Waals surface area contributed by atoms with Gasteiger partial charge >= 0.3 is 0 Å². The van der Waals surface area contributed by atoms with Crippen molar-refractivity contribution in [2.75, 3.05) is 4.90 Å². The van der Waals surface area contributed by atoms with Crippen LogP contribution in [0.3, 0.4) is 0 Å². The molecule has 1 aliphatic rings. The second kappa shape index (κ2) is 9.07. The zero-order valence-electron chi connectivity index (χ0n) is 18.9. The van der Waals surface area contributed by atoms with E-state index in [0.29, 0.717) is 27.5 Å². The number of anilines is 1. The third-order valence-electron chi connectivity index (χ3n) is 5.49. The molecule has 5 rings (SSSR count). The Bertz CT molecular complexity index is 1520. The summed E-state index contributed by atoms with van der Waals surface area (Å²) in [4.78, 5) is 35.2. The molecule has 3 heterocycles. The maximum atomic E-state index is 13.4. The van der Waals surface area contributed by atoms with E-state index in [-0.39, 0.29) is 17.6 Å². The third kappa shape index (κ3) is 4.15. The lowest BCUT2D eigenvalue weighted by Gasteiger charge is -2.20. The topological polar surface area (TPSA) is 106 Å². The minimum atomic E-state index is -0.441. The number of benzene rings is 2. The van der Waals surface area contributed by atoms with Crippen molar-refractivity contribution in [1.82, 2.24) is 9.66 Å². The normalized spacial score (nSPS) is 14.7. The van der Waals surface area contributed by atoms with Crippen LogP contribution in [0.5, 0.6) is 0 Å². The van der Waals surface area contributed by atoms with Crippen LogP contribution in [0.25, 0.3) is 11.3 Å². The van der Waals surface area contributed by atoms with Crippen LogP contribution < -0.4 is 9.70 Å². The number of hydrogen-bond acceptors (Lipinski definition) is 7. The summed E-state index contributed by atoms with van der Waals surface area (Å²) in [6.07, 6.45) is 3.30. The van der Waals surface area contributed by atoms with E-state index in [9.17, 15) is 14.9 Å². The highest BCUT2D eigenvalue weighted by Gasteiger charge is 2.35. The van der Waals surface area contributed by atoms with Crippen molar-refractivity contribution in [1.29, 1.82) is 0 Å². The fourth-order valence-corrected chi connectivity index (χ4v) is 4.74. The molecule has 9 nitrogen and oxygen atoms in total. The molecule has 0 unspecified atom stereocenters. The lowest BCUT2D eigenvalue weighted by molar-refractivity contribution is -0.384. The van der Waals surface area contributed by atoms with E-state index in [1.807, 2.05) is 49.6 Å². The fraction of sp³-hybridized carbons (Fsp3) is 0.120. The quantitative estimate of drug-likeness (QED) is 0.301. The predicted octanol–water partition coefficient (Wildman–Crippen LogP) is 4.76. The van der Waals surface area contributed by atoms with Crippen molar-refractivity contribution in [3.8, 4) is 11.3 Å². The average molecular weight is 485 g/mol. The molecular weight excluding hydrogens is 464 g/mol. The lowest BCUT2D eigenvalue weighted by Crippen LogP contribution is -2.36. The summed E-state index contributed by atoms with van der Waals surface area (Å²) in [7, 11) is 0. The molecule has 1 aliphatic heterocycles. The summed E-state index contributed by atoms with van der Waals surface area (Å²) in [5.74, 6) is -0.193. The molecule has 0 saturated heterocycles. The summed E-state index contributed by atoms with van der Waals surface area (Å²) in [6.45, 7) is 3.92. The van der Waals surface area contributed by atoms with Gasteiger partial charge in [0.2, 0.25) is 4.80 Å². The third-order valence-corrected chi connectivity index (χ3v) is 6.30. The first-order valence-electron chi connectivity index (χ1n) is 10.9. The average Bonchev–Trinajstić information content (AvgIpc) is 3.38. The fourth-order valence-electron chi connectivity index (χ4n) is 3.89. The van der Waals surface area contributed by atoms with Crippen LogP contribution in [-0.2, 0) is 4.79 Å². The van der Waals surface area contributed by atoms with E-state index >= 15 is 0 Å². The van der Waals surface area contributed by atoms with Gasteiger partial charge in [0, 0.05) is 40.9 Å². The number of non-ortho nitro benzene ring substituents is 1. The Hall–Kier alpha value is -4.44. The number of thiazole rings is 1. The first kappa shape index (κ1) is 22.4. The highest BCUT2D eigenvalue weighted by atomic mass is 32.1. The van der Waals surface area contributed by atoms with Crippen molar-refractivity contribution in [3.63, 3.8) is 0 Å². The maximum Gasteiger partial charge on any atom is 0.279 e. The van der Waals surface area contributed by atoms with Crippen LogP contribution in [-0.4, -0.2) is 32.2 Å². The van der Waals surface area contributed by atoms with Crippen molar-refractivity contribution < 1.29 is 9.72 Å². The molecule has 0 bridgehead atoms. The van der Waals surface area contributed by atoms with Crippen LogP contribution in [0.15, 0.2) is 88.5 Å². The number of carbonyl (C=O) groups excluding carboxylic acids is 1. The molecule has 10 heteroatoms. The molecule has 35 heavy (non-hydrogen) atoms. The molecule has 174 valence electrons. The minimum Gasteiger partial charge on any atom is -0.304 e. The van der Waals surface area contributed by atoms with Crippen LogP contribution in [0.4, 0.5) is 17.1 Å². The number of amides is 1. The highest BCUT2D eigenvalue weighted by Crippen LogP contribution is 2.31. The van der Waals surface area contributed by atoms with Crippen molar-refractivity contribution in [2.45, 2.75) is 19.9 Å². The van der Waals surface area contributed by atoms with Gasteiger partial charge in [0.15, 0.2) is 5.71 Å². The second-order valence-electron chi connectivity index (χ2n) is 8.08. The molecule has 0 fully saturated rings. The molecule has 0 saturated carbocycles. The largest absolute Gasteiger partial charge is 0.304 e. The van der Waals surface area contributed by atoms with E-state index in [1.54, 1.807) is 40.2 Å². The van der Waals surface area contributed by atoms with Gasteiger partial charge in [-0.15, -0.1) is 11.3 Å². The Labute approximate surface area is 204 Å². The van der Waals surface area contributed by atoms with E-state index in [2.05, 4.69) is 9.98 Å². The zero-order valence-corrected chi connectivity index (χ0v) is 19.7. The first-order chi connectivity index (χ1) is 16.9. The molecule has 2 aromatic carbocycles. The molecular formula is C25H20N6O3S. The number of nitro groups is 1. The number of carbonyl (C=O) groups is 1. The maximum absolute atomic E-state index is 13.4. The zero-order chi connectivity index (χ0) is 24.5. The van der Waals surface area contributed by atoms with Crippen LogP contribution in [0.2, 0.25) is 0 Å². The van der Waals surface area contributed by atoms with Gasteiger partial charge in [-0.2, -0.15) is 5.10 Å². The standard InChI is InChI=1S/C25H20N6O3S/c1-16(2)29-21-8-4-3-7-20(21)23(24(29)32)28-30-22(17-9-11-19(12-10-17)31(33)34)15-35-25(30)27-18-6-5-13-26-14-18/h3-16H,1-2H3. The lowest BCUT2D eigenvalue weighted by atomic mass is 10.1. The van der Waals surface area contributed by atoms with Crippen molar-refractivity contribution in [3.05, 3.63) is 98.9 Å². The molecule has 0 atom stereocenters. The monoisotopic (exact) mass is 484 g/mol. The van der Waals surface area contributed by atoms with E-state index < -0.39 is 4.92 Å². The number of rotatable bonds is 5. The summed E-state index contributed by atoms with van der Waals surface area (Å²) < 4.78 is 1.62. The molecule has 0 spiro atoms. The molecule has 0 radical (unpaired) electrons. The van der Waals surface area contributed by atoms with Gasteiger partial charge in [-0.3, -0.25) is 19.9 Å². The molecule has 4 aromatic rings. The Kier molecular flexibility index (Phi) is 5.79. The Balaban J connectivity index is 1.72. The number of para-hydroxylation sites is 1. The molecule has 1 amide bonds. The van der Waals surface area contributed by atoms with Gasteiger partial charge < -0.3 is 4.90 Å². The van der Waals surface area contributed by atoms with E-state index in [0.717, 1.165) is 11.3 Å². The summed E-state index contributed by atoms with van der Waals surface area (Å²) >= 11 is 1.35. The van der Waals surface area contributed by atoms with Gasteiger partial charge in [0.1, 0.15) is 0 Å². The number of aromatic nitrogens is 2. The predicted molar refractivity (Wildman–Crippen MR) is 135 cm³/mol. The van der Waals surface area contributed by atoms with Crippen molar-refractivity contribution >= 4 is 40.0 Å². The Morgan fingerprint density at radius 3 is 2.51 bits per heavy atom. The molecule has 0 aliphatic carbocycles. The van der Waals surface area contributed by atoms with Crippen LogP contribution in [0, 0.1) is 10.1 Å². The number of fused-ring (bicyclic) bond motifs is 1. The van der Waals surface area contributed by atoms with E-state index in [4.69, 9.17) is 5.10 Å². The second-order valence-corrected chi connectivity index (χ2v) is 8.91. The number of nitrogens with zero attached hydrogens (tertiary/aromatic N) is 6. The van der Waals surface area contributed by atoms with Gasteiger partial charge in [-0.05, 0) is 44.2 Å². The number of hydrogen-bond donors (Lipinski definition) is 0. The van der Waals surface area contributed by atoms with Gasteiger partial charge in [-0.25, -0.2) is 9.67 Å².